The molecule has 2 aromatic carbocycles. The molecule has 0 amide bonds. The number of aryl methyl sites for hydroxylation is 1. The predicted octanol–water partition coefficient (Wildman–Crippen LogP) is 6.31. The van der Waals surface area contributed by atoms with E-state index in [2.05, 4.69) is 12.1 Å². The standard InChI is InChI=1S/C24H30ClNO2S/c1-19(2)29(27,28)16-10-5-3-4-7-11-20-14-15-22(24(25)17-20)23(18-26)21-12-8-6-9-13-21/h6,8-9,12-15,17,19,23H,3-5,7,10-11,16H2,1-2H3. The van der Waals surface area contributed by atoms with Gasteiger partial charge in [0.1, 0.15) is 0 Å². The number of hydrogen-bond acceptors (Lipinski definition) is 3. The molecule has 0 aliphatic rings. The molecule has 5 heteroatoms. The summed E-state index contributed by atoms with van der Waals surface area (Å²) in [5.41, 5.74) is 2.96. The van der Waals surface area contributed by atoms with Crippen LogP contribution in [0.1, 0.15) is 68.6 Å². The van der Waals surface area contributed by atoms with Crippen molar-refractivity contribution in [2.24, 2.45) is 0 Å². The van der Waals surface area contributed by atoms with Crippen LogP contribution in [0.5, 0.6) is 0 Å². The minimum Gasteiger partial charge on any atom is -0.229 e. The van der Waals surface area contributed by atoms with Gasteiger partial charge in [0, 0.05) is 5.02 Å². The Morgan fingerprint density at radius 2 is 1.62 bits per heavy atom. The van der Waals surface area contributed by atoms with E-state index in [4.69, 9.17) is 11.6 Å². The van der Waals surface area contributed by atoms with Crippen LogP contribution in [-0.4, -0.2) is 19.4 Å². The molecule has 0 heterocycles. The number of sulfone groups is 1. The number of rotatable bonds is 11. The predicted molar refractivity (Wildman–Crippen MR) is 121 cm³/mol. The van der Waals surface area contributed by atoms with E-state index < -0.39 is 9.84 Å². The summed E-state index contributed by atoms with van der Waals surface area (Å²) in [7, 11) is -2.91. The topological polar surface area (TPSA) is 57.9 Å². The van der Waals surface area contributed by atoms with Gasteiger partial charge in [0.2, 0.25) is 0 Å². The first-order chi connectivity index (χ1) is 13.8. The van der Waals surface area contributed by atoms with Gasteiger partial charge in [-0.1, -0.05) is 73.3 Å². The summed E-state index contributed by atoms with van der Waals surface area (Å²) in [4.78, 5) is 0. The lowest BCUT2D eigenvalue weighted by molar-refractivity contribution is 0.577. The van der Waals surface area contributed by atoms with Crippen LogP contribution in [0.3, 0.4) is 0 Å². The number of hydrogen-bond donors (Lipinski definition) is 0. The van der Waals surface area contributed by atoms with E-state index in [-0.39, 0.29) is 11.2 Å². The Morgan fingerprint density at radius 1 is 0.966 bits per heavy atom. The fourth-order valence-corrected chi connectivity index (χ4v) is 4.72. The second-order valence-electron chi connectivity index (χ2n) is 7.76. The molecule has 2 aromatic rings. The maximum Gasteiger partial charge on any atom is 0.152 e. The molecule has 0 saturated carbocycles. The molecule has 0 radical (unpaired) electrons. The van der Waals surface area contributed by atoms with Crippen molar-refractivity contribution in [2.45, 2.75) is 63.5 Å². The molecule has 0 N–H and O–H groups in total. The second kappa shape index (κ2) is 11.4. The molecule has 0 aromatic heterocycles. The summed E-state index contributed by atoms with van der Waals surface area (Å²) in [5.74, 6) is -0.0664. The molecule has 0 aliphatic heterocycles. The van der Waals surface area contributed by atoms with Crippen LogP contribution in [0.4, 0.5) is 0 Å². The third-order valence-electron chi connectivity index (χ3n) is 5.25. The molecular weight excluding hydrogens is 402 g/mol. The average molecular weight is 432 g/mol. The minimum atomic E-state index is -2.91. The van der Waals surface area contributed by atoms with Crippen molar-refractivity contribution >= 4 is 21.4 Å². The summed E-state index contributed by atoms with van der Waals surface area (Å²) in [6, 6.07) is 18.1. The molecule has 0 saturated heterocycles. The van der Waals surface area contributed by atoms with E-state index in [0.717, 1.165) is 49.7 Å². The second-order valence-corrected chi connectivity index (χ2v) is 10.8. The quantitative estimate of drug-likeness (QED) is 0.391. The van der Waals surface area contributed by atoms with Gasteiger partial charge >= 0.3 is 0 Å². The third kappa shape index (κ3) is 7.17. The Balaban J connectivity index is 1.80. The zero-order valence-electron chi connectivity index (χ0n) is 17.3. The van der Waals surface area contributed by atoms with E-state index in [9.17, 15) is 13.7 Å². The van der Waals surface area contributed by atoms with E-state index in [1.54, 1.807) is 13.8 Å². The van der Waals surface area contributed by atoms with Gasteiger partial charge in [0.25, 0.3) is 0 Å². The van der Waals surface area contributed by atoms with Gasteiger partial charge in [-0.25, -0.2) is 8.42 Å². The first-order valence-corrected chi connectivity index (χ1v) is 12.4. The molecule has 1 unspecified atom stereocenters. The molecule has 0 fully saturated rings. The van der Waals surface area contributed by atoms with E-state index in [1.165, 1.54) is 5.56 Å². The molecule has 0 bridgehead atoms. The van der Waals surface area contributed by atoms with Crippen LogP contribution < -0.4 is 0 Å². The summed E-state index contributed by atoms with van der Waals surface area (Å²) < 4.78 is 23.6. The maximum atomic E-state index is 11.8. The third-order valence-corrected chi connectivity index (χ3v) is 7.87. The highest BCUT2D eigenvalue weighted by atomic mass is 35.5. The van der Waals surface area contributed by atoms with Crippen molar-refractivity contribution < 1.29 is 8.42 Å². The van der Waals surface area contributed by atoms with Crippen LogP contribution in [0.2, 0.25) is 5.02 Å². The lowest BCUT2D eigenvalue weighted by atomic mass is 9.91. The monoisotopic (exact) mass is 431 g/mol. The zero-order chi connectivity index (χ0) is 21.3. The first kappa shape index (κ1) is 23.4. The van der Waals surface area contributed by atoms with Gasteiger partial charge in [-0.3, -0.25) is 0 Å². The lowest BCUT2D eigenvalue weighted by Crippen LogP contribution is -2.17. The highest BCUT2D eigenvalue weighted by molar-refractivity contribution is 7.91. The summed E-state index contributed by atoms with van der Waals surface area (Å²) in [5, 5.41) is 9.96. The normalized spacial score (nSPS) is 12.7. The molecule has 29 heavy (non-hydrogen) atoms. The molecule has 0 spiro atoms. The van der Waals surface area contributed by atoms with Gasteiger partial charge in [-0.2, -0.15) is 5.26 Å². The van der Waals surface area contributed by atoms with Gasteiger partial charge in [0.15, 0.2) is 9.84 Å². The van der Waals surface area contributed by atoms with E-state index in [1.807, 2.05) is 42.5 Å². The number of unbranched alkanes of at least 4 members (excludes halogenated alkanes) is 4. The van der Waals surface area contributed by atoms with Crippen LogP contribution in [0, 0.1) is 11.3 Å². The van der Waals surface area contributed by atoms with Gasteiger partial charge in [-0.15, -0.1) is 0 Å². The first-order valence-electron chi connectivity index (χ1n) is 10.3. The zero-order valence-corrected chi connectivity index (χ0v) is 18.8. The molecule has 2 rings (SSSR count). The minimum absolute atomic E-state index is 0.280. The Labute approximate surface area is 180 Å². The number of nitriles is 1. The summed E-state index contributed by atoms with van der Waals surface area (Å²) in [6.45, 7) is 3.48. The highest BCUT2D eigenvalue weighted by Crippen LogP contribution is 2.31. The molecule has 0 aliphatic carbocycles. The van der Waals surface area contributed by atoms with Crippen molar-refractivity contribution in [1.82, 2.24) is 0 Å². The van der Waals surface area contributed by atoms with Crippen LogP contribution in [-0.2, 0) is 16.3 Å². The fourth-order valence-electron chi connectivity index (χ4n) is 3.33. The van der Waals surface area contributed by atoms with Crippen molar-refractivity contribution in [1.29, 1.82) is 5.26 Å². The average Bonchev–Trinajstić information content (AvgIpc) is 2.70. The summed E-state index contributed by atoms with van der Waals surface area (Å²) in [6.07, 6.45) is 5.80. The van der Waals surface area contributed by atoms with Crippen LogP contribution in [0.15, 0.2) is 48.5 Å². The van der Waals surface area contributed by atoms with Gasteiger partial charge in [0.05, 0.1) is 23.0 Å². The van der Waals surface area contributed by atoms with Crippen molar-refractivity contribution in [3.8, 4) is 6.07 Å². The van der Waals surface area contributed by atoms with Crippen molar-refractivity contribution in [2.75, 3.05) is 5.75 Å². The van der Waals surface area contributed by atoms with Crippen LogP contribution >= 0.6 is 11.6 Å². The summed E-state index contributed by atoms with van der Waals surface area (Å²) >= 11 is 6.49. The number of benzene rings is 2. The van der Waals surface area contributed by atoms with Crippen molar-refractivity contribution in [3.05, 3.63) is 70.2 Å². The molecule has 1 atom stereocenters. The molecule has 156 valence electrons. The smallest absolute Gasteiger partial charge is 0.152 e. The SMILES string of the molecule is CC(C)S(=O)(=O)CCCCCCCc1ccc(C(C#N)c2ccccc2)c(Cl)c1. The van der Waals surface area contributed by atoms with Gasteiger partial charge < -0.3 is 0 Å². The van der Waals surface area contributed by atoms with Gasteiger partial charge in [-0.05, 0) is 55.9 Å². The Kier molecular flexibility index (Phi) is 9.20. The van der Waals surface area contributed by atoms with Crippen LogP contribution in [0.25, 0.3) is 0 Å². The Hall–Kier alpha value is -1.83. The Morgan fingerprint density at radius 3 is 2.24 bits per heavy atom. The lowest BCUT2D eigenvalue weighted by Gasteiger charge is -2.13. The number of nitrogens with zero attached hydrogens (tertiary/aromatic N) is 1. The fraction of sp³-hybridized carbons (Fsp3) is 0.458. The Bertz CT molecular complexity index is 918. The molecular formula is C24H30ClNO2S. The highest BCUT2D eigenvalue weighted by Gasteiger charge is 2.17. The van der Waals surface area contributed by atoms with E-state index in [0.29, 0.717) is 10.8 Å². The van der Waals surface area contributed by atoms with Crippen molar-refractivity contribution in [3.63, 3.8) is 0 Å². The number of halogens is 1. The largest absolute Gasteiger partial charge is 0.229 e. The maximum absolute atomic E-state index is 11.8. The molecule has 3 nitrogen and oxygen atoms in total. The van der Waals surface area contributed by atoms with E-state index >= 15 is 0 Å².